The number of nitrogens with one attached hydrogen (secondary N) is 1. The van der Waals surface area contributed by atoms with E-state index in [0.29, 0.717) is 29.1 Å². The van der Waals surface area contributed by atoms with E-state index in [-0.39, 0.29) is 18.1 Å². The van der Waals surface area contributed by atoms with Crippen LogP contribution < -0.4 is 10.2 Å². The first-order valence-electron chi connectivity index (χ1n) is 9.17. The molecule has 30 heavy (non-hydrogen) atoms. The quantitative estimate of drug-likeness (QED) is 0.621. The number of hydrogen-bond acceptors (Lipinski definition) is 4. The number of anilines is 2. The number of nitriles is 1. The zero-order valence-electron chi connectivity index (χ0n) is 16.2. The van der Waals surface area contributed by atoms with Gasteiger partial charge in [-0.25, -0.2) is 9.78 Å². The standard InChI is InChI=1S/C20H19BrF3N5O/c1-12-11-29(19(30)27-15-5-6-26-18(21)7-15)13(2)10-28(12)16-4-3-14(9-25)17(8-16)20(22,23)24/h3-8,12-13H,10-11H2,1-2H3,(H,26,27,30)/t12-,13+/m0/s1. The van der Waals surface area contributed by atoms with Gasteiger partial charge < -0.3 is 15.1 Å². The maximum atomic E-state index is 13.3. The van der Waals surface area contributed by atoms with Gasteiger partial charge in [-0.05, 0) is 60.1 Å². The van der Waals surface area contributed by atoms with Crippen molar-refractivity contribution in [2.24, 2.45) is 0 Å². The van der Waals surface area contributed by atoms with Crippen LogP contribution in [-0.4, -0.2) is 41.1 Å². The fourth-order valence-corrected chi connectivity index (χ4v) is 3.85. The molecule has 0 saturated carbocycles. The Kier molecular flexibility index (Phi) is 6.22. The number of alkyl halides is 3. The molecule has 1 aliphatic rings. The molecule has 0 bridgehead atoms. The fraction of sp³-hybridized carbons (Fsp3) is 0.350. The van der Waals surface area contributed by atoms with E-state index in [9.17, 15) is 18.0 Å². The van der Waals surface area contributed by atoms with Crippen LogP contribution in [-0.2, 0) is 6.18 Å². The highest BCUT2D eigenvalue weighted by atomic mass is 79.9. The molecule has 1 aromatic carbocycles. The zero-order chi connectivity index (χ0) is 22.1. The number of rotatable bonds is 2. The van der Waals surface area contributed by atoms with Crippen LogP contribution in [0.5, 0.6) is 0 Å². The second-order valence-corrected chi connectivity index (χ2v) is 7.95. The van der Waals surface area contributed by atoms with Crippen molar-refractivity contribution in [3.8, 4) is 6.07 Å². The van der Waals surface area contributed by atoms with E-state index >= 15 is 0 Å². The van der Waals surface area contributed by atoms with Crippen LogP contribution in [0.15, 0.2) is 41.1 Å². The molecule has 1 fully saturated rings. The SMILES string of the molecule is C[C@@H]1CN(c2ccc(C#N)c(C(F)(F)F)c2)[C@@H](C)CN1C(=O)Nc1ccnc(Br)c1. The first-order valence-corrected chi connectivity index (χ1v) is 9.96. The third kappa shape index (κ3) is 4.67. The van der Waals surface area contributed by atoms with Crippen LogP contribution in [0.25, 0.3) is 0 Å². The Balaban J connectivity index is 1.78. The summed E-state index contributed by atoms with van der Waals surface area (Å²) in [4.78, 5) is 20.2. The number of amides is 2. The lowest BCUT2D eigenvalue weighted by molar-refractivity contribution is -0.137. The topological polar surface area (TPSA) is 72.3 Å². The van der Waals surface area contributed by atoms with E-state index in [1.54, 1.807) is 29.3 Å². The summed E-state index contributed by atoms with van der Waals surface area (Å²) in [5, 5.41) is 11.8. The van der Waals surface area contributed by atoms with Gasteiger partial charge in [-0.15, -0.1) is 0 Å². The van der Waals surface area contributed by atoms with Crippen molar-refractivity contribution < 1.29 is 18.0 Å². The summed E-state index contributed by atoms with van der Waals surface area (Å²) in [5.41, 5.74) is -0.399. The molecular weight excluding hydrogens is 463 g/mol. The Morgan fingerprint density at radius 1 is 1.23 bits per heavy atom. The molecule has 2 aromatic rings. The normalized spacial score (nSPS) is 19.4. The second-order valence-electron chi connectivity index (χ2n) is 7.14. The number of carbonyl (C=O) groups is 1. The number of hydrogen-bond donors (Lipinski definition) is 1. The van der Waals surface area contributed by atoms with Crippen molar-refractivity contribution in [3.05, 3.63) is 52.3 Å². The number of aromatic nitrogens is 1. The number of piperazine rings is 1. The minimum atomic E-state index is -4.61. The molecule has 6 nitrogen and oxygen atoms in total. The summed E-state index contributed by atoms with van der Waals surface area (Å²) in [6, 6.07) is 7.91. The molecule has 0 unspecified atom stereocenters. The number of benzene rings is 1. The van der Waals surface area contributed by atoms with Crippen LogP contribution in [0.2, 0.25) is 0 Å². The summed E-state index contributed by atoms with van der Waals surface area (Å²) in [6.07, 6.45) is -3.05. The Hall–Kier alpha value is -2.80. The van der Waals surface area contributed by atoms with Crippen molar-refractivity contribution in [1.82, 2.24) is 9.88 Å². The van der Waals surface area contributed by atoms with Gasteiger partial charge in [-0.1, -0.05) is 0 Å². The Bertz CT molecular complexity index is 991. The van der Waals surface area contributed by atoms with Gasteiger partial charge in [0.2, 0.25) is 0 Å². The van der Waals surface area contributed by atoms with Gasteiger partial charge >= 0.3 is 12.2 Å². The summed E-state index contributed by atoms with van der Waals surface area (Å²) < 4.78 is 40.6. The lowest BCUT2D eigenvalue weighted by Crippen LogP contribution is -2.59. The lowest BCUT2D eigenvalue weighted by atomic mass is 10.0. The number of carbonyl (C=O) groups excluding carboxylic acids is 1. The highest BCUT2D eigenvalue weighted by Crippen LogP contribution is 2.35. The summed E-state index contributed by atoms with van der Waals surface area (Å²) in [5.74, 6) is 0. The molecule has 0 spiro atoms. The minimum absolute atomic E-state index is 0.217. The first-order chi connectivity index (χ1) is 14.1. The van der Waals surface area contributed by atoms with Crippen LogP contribution >= 0.6 is 15.9 Å². The average Bonchev–Trinajstić information content (AvgIpc) is 2.68. The third-order valence-electron chi connectivity index (χ3n) is 4.99. The Morgan fingerprint density at radius 2 is 1.97 bits per heavy atom. The van der Waals surface area contributed by atoms with Crippen LogP contribution in [0.3, 0.4) is 0 Å². The molecule has 2 atom stereocenters. The van der Waals surface area contributed by atoms with Crippen molar-refractivity contribution in [3.63, 3.8) is 0 Å². The van der Waals surface area contributed by atoms with Crippen LogP contribution in [0.1, 0.15) is 25.0 Å². The van der Waals surface area contributed by atoms with E-state index in [0.717, 1.165) is 6.07 Å². The van der Waals surface area contributed by atoms with E-state index in [4.69, 9.17) is 5.26 Å². The maximum absolute atomic E-state index is 13.3. The predicted octanol–water partition coefficient (Wildman–Crippen LogP) is 4.87. The van der Waals surface area contributed by atoms with Gasteiger partial charge in [0.05, 0.1) is 17.2 Å². The van der Waals surface area contributed by atoms with E-state index in [2.05, 4.69) is 26.2 Å². The predicted molar refractivity (Wildman–Crippen MR) is 110 cm³/mol. The van der Waals surface area contributed by atoms with Crippen LogP contribution in [0, 0.1) is 11.3 Å². The van der Waals surface area contributed by atoms with Gasteiger partial charge in [0.25, 0.3) is 0 Å². The average molecular weight is 482 g/mol. The molecule has 2 heterocycles. The van der Waals surface area contributed by atoms with Gasteiger partial charge in [-0.2, -0.15) is 18.4 Å². The van der Waals surface area contributed by atoms with Crippen LogP contribution in [0.4, 0.5) is 29.3 Å². The molecule has 0 aliphatic carbocycles. The second kappa shape index (κ2) is 8.52. The molecule has 3 rings (SSSR count). The number of urea groups is 1. The van der Waals surface area contributed by atoms with Gasteiger partial charge in [-0.3, -0.25) is 0 Å². The van der Waals surface area contributed by atoms with E-state index < -0.39 is 17.3 Å². The largest absolute Gasteiger partial charge is 0.417 e. The zero-order valence-corrected chi connectivity index (χ0v) is 17.8. The fourth-order valence-electron chi connectivity index (χ4n) is 3.49. The molecule has 1 saturated heterocycles. The van der Waals surface area contributed by atoms with Gasteiger partial charge in [0.15, 0.2) is 0 Å². The molecule has 2 amide bonds. The highest BCUT2D eigenvalue weighted by molar-refractivity contribution is 9.10. The molecule has 0 radical (unpaired) electrons. The molecule has 158 valence electrons. The molecular formula is C20H19BrF3N5O. The lowest BCUT2D eigenvalue weighted by Gasteiger charge is -2.45. The van der Waals surface area contributed by atoms with Crippen molar-refractivity contribution in [1.29, 1.82) is 5.26 Å². The minimum Gasteiger partial charge on any atom is -0.365 e. The molecule has 1 N–H and O–H groups in total. The number of nitrogens with zero attached hydrogens (tertiary/aromatic N) is 4. The smallest absolute Gasteiger partial charge is 0.365 e. The summed E-state index contributed by atoms with van der Waals surface area (Å²) >= 11 is 3.25. The van der Waals surface area contributed by atoms with Crippen molar-refractivity contribution in [2.75, 3.05) is 23.3 Å². The maximum Gasteiger partial charge on any atom is 0.417 e. The number of pyridine rings is 1. The van der Waals surface area contributed by atoms with Gasteiger partial charge in [0.1, 0.15) is 4.60 Å². The third-order valence-corrected chi connectivity index (χ3v) is 5.42. The number of halogens is 4. The molecule has 1 aliphatic heterocycles. The highest BCUT2D eigenvalue weighted by Gasteiger charge is 2.36. The van der Waals surface area contributed by atoms with E-state index in [1.807, 2.05) is 18.7 Å². The van der Waals surface area contributed by atoms with Crippen molar-refractivity contribution in [2.45, 2.75) is 32.1 Å². The van der Waals surface area contributed by atoms with Crippen molar-refractivity contribution >= 4 is 33.3 Å². The Morgan fingerprint density at radius 3 is 2.60 bits per heavy atom. The Labute approximate surface area is 180 Å². The van der Waals surface area contributed by atoms with Gasteiger partial charge in [0, 0.05) is 42.7 Å². The summed E-state index contributed by atoms with van der Waals surface area (Å²) in [6.45, 7) is 4.38. The summed E-state index contributed by atoms with van der Waals surface area (Å²) in [7, 11) is 0. The van der Waals surface area contributed by atoms with E-state index in [1.165, 1.54) is 12.1 Å². The molecule has 10 heteroatoms. The molecule has 1 aromatic heterocycles. The monoisotopic (exact) mass is 481 g/mol. The first kappa shape index (κ1) is 21.9.